The smallest absolute Gasteiger partial charge is 0.317 e. The molecular formula is C16H26N4O. The van der Waals surface area contributed by atoms with E-state index in [4.69, 9.17) is 0 Å². The van der Waals surface area contributed by atoms with E-state index in [-0.39, 0.29) is 6.03 Å². The number of aromatic nitrogens is 1. The van der Waals surface area contributed by atoms with Crippen molar-refractivity contribution in [1.29, 1.82) is 0 Å². The Kier molecular flexibility index (Phi) is 5.99. The van der Waals surface area contributed by atoms with E-state index in [2.05, 4.69) is 29.0 Å². The molecule has 1 aliphatic rings. The van der Waals surface area contributed by atoms with E-state index < -0.39 is 0 Å². The Morgan fingerprint density at radius 3 is 2.71 bits per heavy atom. The zero-order valence-corrected chi connectivity index (χ0v) is 13.1. The third-order valence-electron chi connectivity index (χ3n) is 3.85. The number of pyridine rings is 1. The SMILES string of the molecule is CC(C)CCN1CCN(C(=O)NCc2cccnc2)CC1. The van der Waals surface area contributed by atoms with Crippen LogP contribution in [0.25, 0.3) is 0 Å². The van der Waals surface area contributed by atoms with Gasteiger partial charge in [0.25, 0.3) is 0 Å². The summed E-state index contributed by atoms with van der Waals surface area (Å²) >= 11 is 0. The highest BCUT2D eigenvalue weighted by Crippen LogP contribution is 2.07. The third kappa shape index (κ3) is 5.34. The van der Waals surface area contributed by atoms with E-state index in [1.165, 1.54) is 6.42 Å². The fourth-order valence-electron chi connectivity index (χ4n) is 2.41. The molecular weight excluding hydrogens is 264 g/mol. The number of hydrogen-bond acceptors (Lipinski definition) is 3. The van der Waals surface area contributed by atoms with Crippen molar-refractivity contribution in [3.05, 3.63) is 30.1 Å². The van der Waals surface area contributed by atoms with Crippen LogP contribution in [-0.2, 0) is 6.54 Å². The van der Waals surface area contributed by atoms with Crippen LogP contribution in [0.5, 0.6) is 0 Å². The molecule has 1 aliphatic heterocycles. The molecule has 0 bridgehead atoms. The lowest BCUT2D eigenvalue weighted by molar-refractivity contribution is 0.135. The summed E-state index contributed by atoms with van der Waals surface area (Å²) in [7, 11) is 0. The van der Waals surface area contributed by atoms with Crippen LogP contribution in [0, 0.1) is 5.92 Å². The van der Waals surface area contributed by atoms with Crippen LogP contribution >= 0.6 is 0 Å². The Hall–Kier alpha value is -1.62. The van der Waals surface area contributed by atoms with Gasteiger partial charge in [0, 0.05) is 45.1 Å². The lowest BCUT2D eigenvalue weighted by atomic mass is 10.1. The van der Waals surface area contributed by atoms with Gasteiger partial charge in [0.15, 0.2) is 0 Å². The van der Waals surface area contributed by atoms with Crippen molar-refractivity contribution in [3.63, 3.8) is 0 Å². The first-order valence-electron chi connectivity index (χ1n) is 7.79. The largest absolute Gasteiger partial charge is 0.334 e. The number of carbonyl (C=O) groups is 1. The monoisotopic (exact) mass is 290 g/mol. The molecule has 0 atom stereocenters. The predicted octanol–water partition coefficient (Wildman–Crippen LogP) is 1.95. The molecule has 116 valence electrons. The van der Waals surface area contributed by atoms with Gasteiger partial charge >= 0.3 is 6.03 Å². The second-order valence-electron chi connectivity index (χ2n) is 6.03. The Balaban J connectivity index is 1.68. The van der Waals surface area contributed by atoms with Crippen molar-refractivity contribution < 1.29 is 4.79 Å². The number of piperazine rings is 1. The molecule has 5 nitrogen and oxygen atoms in total. The van der Waals surface area contributed by atoms with Gasteiger partial charge in [0.05, 0.1) is 0 Å². The number of nitrogens with one attached hydrogen (secondary N) is 1. The number of urea groups is 1. The van der Waals surface area contributed by atoms with Crippen LogP contribution < -0.4 is 5.32 Å². The van der Waals surface area contributed by atoms with E-state index >= 15 is 0 Å². The normalized spacial score (nSPS) is 16.2. The quantitative estimate of drug-likeness (QED) is 0.902. The first-order chi connectivity index (χ1) is 10.1. The molecule has 1 fully saturated rings. The van der Waals surface area contributed by atoms with Gasteiger partial charge < -0.3 is 10.2 Å². The van der Waals surface area contributed by atoms with Crippen molar-refractivity contribution in [2.24, 2.45) is 5.92 Å². The molecule has 1 N–H and O–H groups in total. The minimum atomic E-state index is 0.0300. The van der Waals surface area contributed by atoms with Crippen LogP contribution in [-0.4, -0.2) is 53.5 Å². The third-order valence-corrected chi connectivity index (χ3v) is 3.85. The van der Waals surface area contributed by atoms with E-state index in [0.29, 0.717) is 6.54 Å². The average Bonchev–Trinajstić information content (AvgIpc) is 2.52. The van der Waals surface area contributed by atoms with Gasteiger partial charge in [-0.3, -0.25) is 9.88 Å². The Morgan fingerprint density at radius 2 is 2.10 bits per heavy atom. The molecule has 1 aromatic heterocycles. The average molecular weight is 290 g/mol. The first kappa shape index (κ1) is 15.8. The van der Waals surface area contributed by atoms with Gasteiger partial charge in [-0.05, 0) is 30.5 Å². The van der Waals surface area contributed by atoms with Crippen molar-refractivity contribution in [2.45, 2.75) is 26.8 Å². The molecule has 2 heterocycles. The zero-order chi connectivity index (χ0) is 15.1. The van der Waals surface area contributed by atoms with Gasteiger partial charge in [-0.1, -0.05) is 19.9 Å². The summed E-state index contributed by atoms with van der Waals surface area (Å²) in [4.78, 5) is 20.5. The number of rotatable bonds is 5. The number of nitrogens with zero attached hydrogens (tertiary/aromatic N) is 3. The maximum atomic E-state index is 12.1. The van der Waals surface area contributed by atoms with Crippen molar-refractivity contribution in [2.75, 3.05) is 32.7 Å². The summed E-state index contributed by atoms with van der Waals surface area (Å²) in [5, 5.41) is 2.96. The standard InChI is InChI=1S/C16H26N4O/c1-14(2)5-7-19-8-10-20(11-9-19)16(21)18-13-15-4-3-6-17-12-15/h3-4,6,12,14H,5,7-11,13H2,1-2H3,(H,18,21). The summed E-state index contributed by atoms with van der Waals surface area (Å²) < 4.78 is 0. The predicted molar refractivity (Wildman–Crippen MR) is 83.9 cm³/mol. The number of amides is 2. The number of carbonyl (C=O) groups excluding carboxylic acids is 1. The fraction of sp³-hybridized carbons (Fsp3) is 0.625. The number of hydrogen-bond donors (Lipinski definition) is 1. The van der Waals surface area contributed by atoms with Crippen LogP contribution in [0.4, 0.5) is 4.79 Å². The molecule has 2 rings (SSSR count). The molecule has 0 spiro atoms. The van der Waals surface area contributed by atoms with Crippen LogP contribution in [0.15, 0.2) is 24.5 Å². The van der Waals surface area contributed by atoms with Gasteiger partial charge in [-0.2, -0.15) is 0 Å². The van der Waals surface area contributed by atoms with E-state index in [9.17, 15) is 4.79 Å². The van der Waals surface area contributed by atoms with Crippen molar-refractivity contribution in [3.8, 4) is 0 Å². The van der Waals surface area contributed by atoms with Crippen molar-refractivity contribution in [1.82, 2.24) is 20.1 Å². The molecule has 0 saturated carbocycles. The Labute approximate surface area is 127 Å². The highest BCUT2D eigenvalue weighted by atomic mass is 16.2. The molecule has 0 aliphatic carbocycles. The van der Waals surface area contributed by atoms with Gasteiger partial charge in [0.2, 0.25) is 0 Å². The maximum absolute atomic E-state index is 12.1. The fourth-order valence-corrected chi connectivity index (χ4v) is 2.41. The molecule has 0 unspecified atom stereocenters. The van der Waals surface area contributed by atoms with Gasteiger partial charge in [-0.15, -0.1) is 0 Å². The summed E-state index contributed by atoms with van der Waals surface area (Å²) in [6, 6.07) is 3.88. The van der Waals surface area contributed by atoms with Gasteiger partial charge in [0.1, 0.15) is 0 Å². The van der Waals surface area contributed by atoms with Crippen LogP contribution in [0.1, 0.15) is 25.8 Å². The van der Waals surface area contributed by atoms with E-state index in [0.717, 1.165) is 44.2 Å². The molecule has 0 radical (unpaired) electrons. The minimum Gasteiger partial charge on any atom is -0.334 e. The molecule has 2 amide bonds. The molecule has 5 heteroatoms. The van der Waals surface area contributed by atoms with Crippen LogP contribution in [0.3, 0.4) is 0 Å². The molecule has 0 aromatic carbocycles. The van der Waals surface area contributed by atoms with Gasteiger partial charge in [-0.25, -0.2) is 4.79 Å². The van der Waals surface area contributed by atoms with E-state index in [1.54, 1.807) is 12.4 Å². The highest BCUT2D eigenvalue weighted by molar-refractivity contribution is 5.74. The Bertz CT molecular complexity index is 427. The lowest BCUT2D eigenvalue weighted by Gasteiger charge is -2.35. The topological polar surface area (TPSA) is 48.5 Å². The van der Waals surface area contributed by atoms with Crippen molar-refractivity contribution >= 4 is 6.03 Å². The summed E-state index contributed by atoms with van der Waals surface area (Å²) in [6.07, 6.45) is 4.75. The molecule has 1 saturated heterocycles. The van der Waals surface area contributed by atoms with E-state index in [1.807, 2.05) is 17.0 Å². The summed E-state index contributed by atoms with van der Waals surface area (Å²) in [5.74, 6) is 0.741. The second kappa shape index (κ2) is 7.98. The first-order valence-corrected chi connectivity index (χ1v) is 7.79. The maximum Gasteiger partial charge on any atom is 0.317 e. The van der Waals surface area contributed by atoms with Crippen LogP contribution in [0.2, 0.25) is 0 Å². The summed E-state index contributed by atoms with van der Waals surface area (Å²) in [6.45, 7) is 9.78. The zero-order valence-electron chi connectivity index (χ0n) is 13.1. The highest BCUT2D eigenvalue weighted by Gasteiger charge is 2.20. The summed E-state index contributed by atoms with van der Waals surface area (Å²) in [5.41, 5.74) is 1.03. The second-order valence-corrected chi connectivity index (χ2v) is 6.03. The lowest BCUT2D eigenvalue weighted by Crippen LogP contribution is -2.51. The molecule has 1 aromatic rings. The molecule has 21 heavy (non-hydrogen) atoms. The minimum absolute atomic E-state index is 0.0300. The Morgan fingerprint density at radius 1 is 1.33 bits per heavy atom.